The lowest BCUT2D eigenvalue weighted by molar-refractivity contribution is -0.121. The smallest absolute Gasteiger partial charge is 0.262 e. The van der Waals surface area contributed by atoms with Gasteiger partial charge in [-0.1, -0.05) is 56.0 Å². The van der Waals surface area contributed by atoms with Crippen LogP contribution >= 0.6 is 11.8 Å². The Kier molecular flexibility index (Phi) is 6.04. The van der Waals surface area contributed by atoms with Gasteiger partial charge < -0.3 is 5.32 Å². The van der Waals surface area contributed by atoms with E-state index in [1.165, 1.54) is 31.0 Å². The number of carbonyl (C=O) groups excluding carboxylic acids is 1. The van der Waals surface area contributed by atoms with E-state index in [4.69, 9.17) is 4.98 Å². The number of para-hydroxylation sites is 1. The van der Waals surface area contributed by atoms with Crippen LogP contribution in [0, 0.1) is 0 Å². The molecule has 4 rings (SSSR count). The molecule has 2 aromatic rings. The van der Waals surface area contributed by atoms with Crippen LogP contribution in [0.15, 0.2) is 34.2 Å². The summed E-state index contributed by atoms with van der Waals surface area (Å²) in [6, 6.07) is 8.02. The van der Waals surface area contributed by atoms with E-state index >= 15 is 0 Å². The van der Waals surface area contributed by atoms with Crippen LogP contribution < -0.4 is 10.9 Å². The minimum atomic E-state index is -0.275. The van der Waals surface area contributed by atoms with Crippen molar-refractivity contribution < 1.29 is 4.79 Å². The van der Waals surface area contributed by atoms with Gasteiger partial charge in [0.05, 0.1) is 16.2 Å². The van der Waals surface area contributed by atoms with Gasteiger partial charge in [0.15, 0.2) is 5.16 Å². The van der Waals surface area contributed by atoms with Gasteiger partial charge in [0.25, 0.3) is 5.56 Å². The standard InChI is InChI=1S/C22H29N3O2S/c1-15(20(26)23-16-9-3-2-4-10-16)28-22-24-19-14-8-7-13-18(19)21(27)25(22)17-11-5-6-12-17/h7-8,13-17H,2-6,9-12H2,1H3,(H,23,26)/t15-/m0/s1. The zero-order valence-corrected chi connectivity index (χ0v) is 17.3. The highest BCUT2D eigenvalue weighted by molar-refractivity contribution is 8.00. The molecule has 6 heteroatoms. The fraction of sp³-hybridized carbons (Fsp3) is 0.591. The van der Waals surface area contributed by atoms with Gasteiger partial charge in [-0.15, -0.1) is 0 Å². The molecular formula is C22H29N3O2S. The molecule has 2 aliphatic carbocycles. The Morgan fingerprint density at radius 2 is 1.79 bits per heavy atom. The first kappa shape index (κ1) is 19.5. The van der Waals surface area contributed by atoms with Crippen LogP contribution in [0.3, 0.4) is 0 Å². The Balaban J connectivity index is 1.60. The molecule has 1 atom stereocenters. The fourth-order valence-corrected chi connectivity index (χ4v) is 5.46. The molecule has 2 fully saturated rings. The van der Waals surface area contributed by atoms with Gasteiger partial charge in [-0.25, -0.2) is 4.98 Å². The van der Waals surface area contributed by atoms with Crippen LogP contribution in [0.1, 0.15) is 70.8 Å². The predicted molar refractivity (Wildman–Crippen MR) is 114 cm³/mol. The summed E-state index contributed by atoms with van der Waals surface area (Å²) < 4.78 is 1.87. The van der Waals surface area contributed by atoms with E-state index in [1.807, 2.05) is 35.8 Å². The van der Waals surface area contributed by atoms with Gasteiger partial charge in [0.1, 0.15) is 0 Å². The van der Waals surface area contributed by atoms with Crippen LogP contribution in [0.25, 0.3) is 10.9 Å². The summed E-state index contributed by atoms with van der Waals surface area (Å²) in [4.78, 5) is 30.8. The molecule has 0 aliphatic heterocycles. The number of fused-ring (bicyclic) bond motifs is 1. The molecule has 150 valence electrons. The third-order valence-corrected chi connectivity index (χ3v) is 7.13. The number of hydrogen-bond acceptors (Lipinski definition) is 4. The summed E-state index contributed by atoms with van der Waals surface area (Å²) in [6.07, 6.45) is 10.1. The normalized spacial score (nSPS) is 19.8. The molecule has 28 heavy (non-hydrogen) atoms. The molecule has 1 amide bonds. The van der Waals surface area contributed by atoms with Gasteiger partial charge in [-0.3, -0.25) is 14.2 Å². The molecule has 0 saturated heterocycles. The third-order valence-electron chi connectivity index (χ3n) is 6.07. The molecule has 5 nitrogen and oxygen atoms in total. The van der Waals surface area contributed by atoms with Gasteiger partial charge in [0.2, 0.25) is 5.91 Å². The van der Waals surface area contributed by atoms with Crippen molar-refractivity contribution in [3.8, 4) is 0 Å². The van der Waals surface area contributed by atoms with Crippen molar-refractivity contribution in [1.82, 2.24) is 14.9 Å². The molecular weight excluding hydrogens is 370 g/mol. The van der Waals surface area contributed by atoms with E-state index in [0.717, 1.165) is 38.5 Å². The second kappa shape index (κ2) is 8.68. The van der Waals surface area contributed by atoms with Gasteiger partial charge >= 0.3 is 0 Å². The summed E-state index contributed by atoms with van der Waals surface area (Å²) in [5.41, 5.74) is 0.740. The van der Waals surface area contributed by atoms with Crippen molar-refractivity contribution >= 4 is 28.6 Å². The number of nitrogens with one attached hydrogen (secondary N) is 1. The molecule has 1 aromatic carbocycles. The lowest BCUT2D eigenvalue weighted by Gasteiger charge is -2.25. The third kappa shape index (κ3) is 4.12. The largest absolute Gasteiger partial charge is 0.352 e. The highest BCUT2D eigenvalue weighted by Crippen LogP contribution is 2.33. The Morgan fingerprint density at radius 1 is 1.11 bits per heavy atom. The Hall–Kier alpha value is -1.82. The molecule has 2 aliphatic rings. The maximum Gasteiger partial charge on any atom is 0.262 e. The van der Waals surface area contributed by atoms with E-state index in [0.29, 0.717) is 22.1 Å². The maximum atomic E-state index is 13.2. The number of rotatable bonds is 5. The molecule has 0 radical (unpaired) electrons. The van der Waals surface area contributed by atoms with Crippen LogP contribution in [0.5, 0.6) is 0 Å². The van der Waals surface area contributed by atoms with Crippen molar-refractivity contribution in [2.45, 2.75) is 87.2 Å². The van der Waals surface area contributed by atoms with Gasteiger partial charge in [-0.2, -0.15) is 0 Å². The number of benzene rings is 1. The fourth-order valence-electron chi connectivity index (χ4n) is 4.47. The average Bonchev–Trinajstić information content (AvgIpc) is 3.23. The molecule has 2 saturated carbocycles. The molecule has 0 bridgehead atoms. The van der Waals surface area contributed by atoms with Crippen molar-refractivity contribution in [3.05, 3.63) is 34.6 Å². The van der Waals surface area contributed by atoms with E-state index in [1.54, 1.807) is 0 Å². The van der Waals surface area contributed by atoms with E-state index < -0.39 is 0 Å². The summed E-state index contributed by atoms with van der Waals surface area (Å²) >= 11 is 1.42. The maximum absolute atomic E-state index is 13.2. The minimum Gasteiger partial charge on any atom is -0.352 e. The second-order valence-corrected chi connectivity index (χ2v) is 9.44. The van der Waals surface area contributed by atoms with Crippen molar-refractivity contribution in [1.29, 1.82) is 0 Å². The van der Waals surface area contributed by atoms with E-state index in [9.17, 15) is 9.59 Å². The summed E-state index contributed by atoms with van der Waals surface area (Å²) in [5, 5.41) is 4.28. The van der Waals surface area contributed by atoms with Crippen molar-refractivity contribution in [3.63, 3.8) is 0 Å². The van der Waals surface area contributed by atoms with Crippen LogP contribution in [-0.2, 0) is 4.79 Å². The van der Waals surface area contributed by atoms with E-state index in [2.05, 4.69) is 5.32 Å². The topological polar surface area (TPSA) is 64.0 Å². The second-order valence-electron chi connectivity index (χ2n) is 8.13. The van der Waals surface area contributed by atoms with Crippen LogP contribution in [-0.4, -0.2) is 26.8 Å². The molecule has 1 N–H and O–H groups in total. The molecule has 0 spiro atoms. The Bertz CT molecular complexity index is 898. The summed E-state index contributed by atoms with van der Waals surface area (Å²) in [6.45, 7) is 1.92. The monoisotopic (exact) mass is 399 g/mol. The zero-order valence-electron chi connectivity index (χ0n) is 16.5. The minimum absolute atomic E-state index is 0.0277. The zero-order chi connectivity index (χ0) is 19.5. The predicted octanol–water partition coefficient (Wildman–Crippen LogP) is 4.44. The Labute approximate surface area is 170 Å². The number of aromatic nitrogens is 2. The summed E-state index contributed by atoms with van der Waals surface area (Å²) in [7, 11) is 0. The number of nitrogens with zero attached hydrogens (tertiary/aromatic N) is 2. The average molecular weight is 400 g/mol. The van der Waals surface area contributed by atoms with E-state index in [-0.39, 0.29) is 22.8 Å². The lowest BCUT2D eigenvalue weighted by Crippen LogP contribution is -2.40. The van der Waals surface area contributed by atoms with Crippen LogP contribution in [0.4, 0.5) is 0 Å². The number of amides is 1. The molecule has 1 aromatic heterocycles. The quantitative estimate of drug-likeness (QED) is 0.596. The molecule has 0 unspecified atom stereocenters. The number of hydrogen-bond donors (Lipinski definition) is 1. The SMILES string of the molecule is C[C@H](Sc1nc2ccccc2c(=O)n1C1CCCC1)C(=O)NC1CCCCC1. The first-order valence-corrected chi connectivity index (χ1v) is 11.5. The highest BCUT2D eigenvalue weighted by Gasteiger charge is 2.26. The van der Waals surface area contributed by atoms with Crippen LogP contribution in [0.2, 0.25) is 0 Å². The number of thioether (sulfide) groups is 1. The van der Waals surface area contributed by atoms with Gasteiger partial charge in [0, 0.05) is 12.1 Å². The number of carbonyl (C=O) groups is 1. The Morgan fingerprint density at radius 3 is 2.54 bits per heavy atom. The summed E-state index contributed by atoms with van der Waals surface area (Å²) in [5.74, 6) is 0.0530. The first-order chi connectivity index (χ1) is 13.6. The van der Waals surface area contributed by atoms with Gasteiger partial charge in [-0.05, 0) is 44.7 Å². The van der Waals surface area contributed by atoms with Crippen molar-refractivity contribution in [2.24, 2.45) is 0 Å². The first-order valence-electron chi connectivity index (χ1n) is 10.6. The van der Waals surface area contributed by atoms with Crippen molar-refractivity contribution in [2.75, 3.05) is 0 Å². The molecule has 1 heterocycles. The lowest BCUT2D eigenvalue weighted by atomic mass is 9.95. The highest BCUT2D eigenvalue weighted by atomic mass is 32.2.